The van der Waals surface area contributed by atoms with Gasteiger partial charge in [-0.25, -0.2) is 21.1 Å². The first-order valence-corrected chi connectivity index (χ1v) is 10.0. The van der Waals surface area contributed by atoms with E-state index in [1.807, 2.05) is 0 Å². The van der Waals surface area contributed by atoms with Crippen molar-refractivity contribution in [2.45, 2.75) is 38.0 Å². The van der Waals surface area contributed by atoms with Crippen molar-refractivity contribution in [2.24, 2.45) is 0 Å². The molecule has 0 saturated carbocycles. The topological polar surface area (TPSA) is 101 Å². The second kappa shape index (κ2) is 6.40. The second-order valence-corrected chi connectivity index (χ2v) is 9.92. The van der Waals surface area contributed by atoms with E-state index >= 15 is 0 Å². The van der Waals surface area contributed by atoms with Crippen LogP contribution in [0, 0.1) is 0 Å². The maximum absolute atomic E-state index is 11.7. The van der Waals surface area contributed by atoms with Crippen molar-refractivity contribution in [1.29, 1.82) is 0 Å². The largest absolute Gasteiger partial charge is 0.351 e. The van der Waals surface area contributed by atoms with Crippen LogP contribution in [-0.4, -0.2) is 63.4 Å². The number of hydrogen-bond acceptors (Lipinski definition) is 5. The lowest BCUT2D eigenvalue weighted by Crippen LogP contribution is -2.50. The lowest BCUT2D eigenvalue weighted by Gasteiger charge is -2.31. The minimum Gasteiger partial charge on any atom is -0.351 e. The highest BCUT2D eigenvalue weighted by atomic mass is 32.2. The van der Waals surface area contributed by atoms with E-state index in [0.717, 1.165) is 6.26 Å². The van der Waals surface area contributed by atoms with Gasteiger partial charge < -0.3 is 5.32 Å². The van der Waals surface area contributed by atoms with E-state index in [0.29, 0.717) is 19.4 Å². The Kier molecular flexibility index (Phi) is 5.56. The van der Waals surface area contributed by atoms with Crippen LogP contribution in [0.1, 0.15) is 26.7 Å². The van der Waals surface area contributed by atoms with Gasteiger partial charge in [-0.2, -0.15) is 0 Å². The summed E-state index contributed by atoms with van der Waals surface area (Å²) in [5.41, 5.74) is 0. The molecule has 0 bridgehead atoms. The van der Waals surface area contributed by atoms with Gasteiger partial charge in [-0.15, -0.1) is 0 Å². The van der Waals surface area contributed by atoms with E-state index in [9.17, 15) is 21.6 Å². The number of piperidine rings is 1. The van der Waals surface area contributed by atoms with Gasteiger partial charge in [0.25, 0.3) is 0 Å². The lowest BCUT2D eigenvalue weighted by atomic mass is 10.1. The van der Waals surface area contributed by atoms with E-state index in [4.69, 9.17) is 0 Å². The Bertz CT molecular complexity index is 553. The van der Waals surface area contributed by atoms with Gasteiger partial charge in [-0.1, -0.05) is 0 Å². The van der Waals surface area contributed by atoms with Crippen LogP contribution in [0.4, 0.5) is 0 Å². The standard InChI is InChI=1S/C11H22N2O5S2/c1-9(2)20(17,18)8-11(14)12-10-5-4-6-13(7-10)19(3,15)16/h9-10H,4-8H2,1-3H3,(H,12,14). The van der Waals surface area contributed by atoms with Gasteiger partial charge >= 0.3 is 0 Å². The maximum atomic E-state index is 11.7. The summed E-state index contributed by atoms with van der Waals surface area (Å²) in [6, 6.07) is -0.326. The molecule has 1 atom stereocenters. The minimum absolute atomic E-state index is 0.201. The zero-order valence-electron chi connectivity index (χ0n) is 12.0. The summed E-state index contributed by atoms with van der Waals surface area (Å²) in [4.78, 5) is 11.7. The van der Waals surface area contributed by atoms with Crippen molar-refractivity contribution < 1.29 is 21.6 Å². The van der Waals surface area contributed by atoms with Crippen molar-refractivity contribution in [3.63, 3.8) is 0 Å². The molecule has 1 N–H and O–H groups in total. The van der Waals surface area contributed by atoms with E-state index in [1.165, 1.54) is 18.2 Å². The number of amides is 1. The van der Waals surface area contributed by atoms with Crippen molar-refractivity contribution in [2.75, 3.05) is 25.1 Å². The number of hydrogen-bond donors (Lipinski definition) is 1. The maximum Gasteiger partial charge on any atom is 0.235 e. The third-order valence-corrected chi connectivity index (χ3v) is 6.64. The Morgan fingerprint density at radius 2 is 1.90 bits per heavy atom. The average molecular weight is 326 g/mol. The Morgan fingerprint density at radius 3 is 2.40 bits per heavy atom. The molecule has 0 radical (unpaired) electrons. The summed E-state index contributed by atoms with van der Waals surface area (Å²) >= 11 is 0. The molecule has 0 aromatic carbocycles. The number of rotatable bonds is 5. The van der Waals surface area contributed by atoms with E-state index in [-0.39, 0.29) is 12.6 Å². The first-order valence-electron chi connectivity index (χ1n) is 6.48. The number of sulfonamides is 1. The van der Waals surface area contributed by atoms with Crippen molar-refractivity contribution in [3.8, 4) is 0 Å². The monoisotopic (exact) mass is 326 g/mol. The molecule has 1 aliphatic rings. The predicted octanol–water partition coefficient (Wildman–Crippen LogP) is -0.650. The van der Waals surface area contributed by atoms with Crippen LogP contribution >= 0.6 is 0 Å². The predicted molar refractivity (Wildman–Crippen MR) is 76.5 cm³/mol. The van der Waals surface area contributed by atoms with Crippen LogP contribution < -0.4 is 5.32 Å². The summed E-state index contributed by atoms with van der Waals surface area (Å²) in [7, 11) is -6.71. The third kappa shape index (κ3) is 5.02. The van der Waals surface area contributed by atoms with Crippen molar-refractivity contribution in [3.05, 3.63) is 0 Å². The zero-order valence-corrected chi connectivity index (χ0v) is 13.6. The van der Waals surface area contributed by atoms with Gasteiger partial charge in [-0.05, 0) is 26.7 Å². The Hall–Kier alpha value is -0.670. The van der Waals surface area contributed by atoms with Crippen LogP contribution in [0.2, 0.25) is 0 Å². The SMILES string of the molecule is CC(C)S(=O)(=O)CC(=O)NC1CCCN(S(C)(=O)=O)C1. The fourth-order valence-corrected chi connectivity index (χ4v) is 3.67. The quantitative estimate of drug-likeness (QED) is 0.723. The molecule has 1 amide bonds. The minimum atomic E-state index is -3.43. The van der Waals surface area contributed by atoms with Crippen molar-refractivity contribution >= 4 is 25.8 Å². The second-order valence-electron chi connectivity index (χ2n) is 5.38. The molecule has 1 rings (SSSR count). The van der Waals surface area contributed by atoms with Gasteiger partial charge in [0.05, 0.1) is 11.5 Å². The highest BCUT2D eigenvalue weighted by Crippen LogP contribution is 2.13. The van der Waals surface area contributed by atoms with E-state index in [1.54, 1.807) is 0 Å². The number of carbonyl (C=O) groups excluding carboxylic acids is 1. The normalized spacial score (nSPS) is 21.9. The highest BCUT2D eigenvalue weighted by molar-refractivity contribution is 7.92. The fourth-order valence-electron chi connectivity index (χ4n) is 1.98. The molecule has 118 valence electrons. The molecule has 1 saturated heterocycles. The molecule has 0 aliphatic carbocycles. The molecule has 7 nitrogen and oxygen atoms in total. The molecular formula is C11H22N2O5S2. The zero-order chi connectivity index (χ0) is 15.6. The van der Waals surface area contributed by atoms with Gasteiger partial charge in [0, 0.05) is 19.1 Å². The number of nitrogens with one attached hydrogen (secondary N) is 1. The van der Waals surface area contributed by atoms with Crippen LogP contribution in [0.25, 0.3) is 0 Å². The highest BCUT2D eigenvalue weighted by Gasteiger charge is 2.28. The van der Waals surface area contributed by atoms with E-state index < -0.39 is 36.8 Å². The summed E-state index contributed by atoms with van der Waals surface area (Å²) in [6.07, 6.45) is 2.43. The molecular weight excluding hydrogens is 304 g/mol. The van der Waals surface area contributed by atoms with Gasteiger partial charge in [-0.3, -0.25) is 4.79 Å². The van der Waals surface area contributed by atoms with Crippen LogP contribution in [0.15, 0.2) is 0 Å². The van der Waals surface area contributed by atoms with Gasteiger partial charge in [0.15, 0.2) is 9.84 Å². The molecule has 1 fully saturated rings. The molecule has 1 heterocycles. The lowest BCUT2D eigenvalue weighted by molar-refractivity contribution is -0.119. The molecule has 0 aromatic heterocycles. The van der Waals surface area contributed by atoms with E-state index in [2.05, 4.69) is 5.32 Å². The van der Waals surface area contributed by atoms with Crippen LogP contribution in [0.3, 0.4) is 0 Å². The number of sulfone groups is 1. The first kappa shape index (κ1) is 17.4. The molecule has 1 aliphatic heterocycles. The smallest absolute Gasteiger partial charge is 0.235 e. The molecule has 9 heteroatoms. The summed E-state index contributed by atoms with van der Waals surface area (Å²) in [5.74, 6) is -1.13. The number of nitrogens with zero attached hydrogens (tertiary/aromatic N) is 1. The molecule has 0 spiro atoms. The number of carbonyl (C=O) groups is 1. The van der Waals surface area contributed by atoms with Crippen LogP contribution in [-0.2, 0) is 24.7 Å². The summed E-state index contributed by atoms with van der Waals surface area (Å²) < 4.78 is 47.5. The Balaban J connectivity index is 2.59. The summed E-state index contributed by atoms with van der Waals surface area (Å²) in [5, 5.41) is 2.00. The van der Waals surface area contributed by atoms with Gasteiger partial charge in [0.1, 0.15) is 5.75 Å². The fraction of sp³-hybridized carbons (Fsp3) is 0.909. The third-order valence-electron chi connectivity index (χ3n) is 3.27. The average Bonchev–Trinajstić information content (AvgIpc) is 2.26. The first-order chi connectivity index (χ1) is 9.02. The van der Waals surface area contributed by atoms with Crippen LogP contribution in [0.5, 0.6) is 0 Å². The molecule has 1 unspecified atom stereocenters. The molecule has 0 aromatic rings. The summed E-state index contributed by atoms with van der Waals surface area (Å²) in [6.45, 7) is 3.69. The van der Waals surface area contributed by atoms with Gasteiger partial charge in [0.2, 0.25) is 15.9 Å². The Morgan fingerprint density at radius 1 is 1.30 bits per heavy atom. The molecule has 20 heavy (non-hydrogen) atoms. The Labute approximate surface area is 120 Å². The van der Waals surface area contributed by atoms with Crippen molar-refractivity contribution in [1.82, 2.24) is 9.62 Å².